The number of likely N-dealkylation sites (tertiary alicyclic amines) is 1. The first-order valence-corrected chi connectivity index (χ1v) is 9.81. The van der Waals surface area contributed by atoms with Crippen LogP contribution < -0.4 is 0 Å². The summed E-state index contributed by atoms with van der Waals surface area (Å²) in [5, 5.41) is 4.06. The van der Waals surface area contributed by atoms with Gasteiger partial charge in [0.05, 0.1) is 6.04 Å². The summed E-state index contributed by atoms with van der Waals surface area (Å²) < 4.78 is 5.35. The number of rotatable bonds is 7. The van der Waals surface area contributed by atoms with E-state index in [2.05, 4.69) is 24.0 Å². The molecule has 0 spiro atoms. The first-order valence-electron chi connectivity index (χ1n) is 9.81. The Morgan fingerprint density at radius 1 is 1.31 bits per heavy atom. The molecule has 1 aliphatic carbocycles. The molecule has 3 rings (SSSR count). The Hall–Kier alpha value is -1.92. The van der Waals surface area contributed by atoms with E-state index in [1.54, 1.807) is 6.92 Å². The minimum absolute atomic E-state index is 0.0378. The monoisotopic (exact) mass is 362 g/mol. The molecule has 2 fully saturated rings. The van der Waals surface area contributed by atoms with E-state index >= 15 is 0 Å². The van der Waals surface area contributed by atoms with Gasteiger partial charge in [0.2, 0.25) is 17.7 Å². The maximum atomic E-state index is 12.3. The Morgan fingerprint density at radius 2 is 2.08 bits per heavy atom. The first kappa shape index (κ1) is 18.9. The van der Waals surface area contributed by atoms with Gasteiger partial charge in [-0.25, -0.2) is 0 Å². The molecule has 0 N–H and O–H groups in total. The van der Waals surface area contributed by atoms with Crippen molar-refractivity contribution in [3.63, 3.8) is 0 Å². The molecule has 1 aromatic heterocycles. The second-order valence-electron chi connectivity index (χ2n) is 8.02. The Morgan fingerprint density at radius 3 is 2.69 bits per heavy atom. The zero-order chi connectivity index (χ0) is 18.7. The van der Waals surface area contributed by atoms with E-state index in [9.17, 15) is 9.59 Å². The standard InChI is InChI=1S/C19H30N4O3/c1-13(2)11-18(25)22-9-7-16(12-22)23(14(3)24)10-8-17-20-19(26-21-17)15-5-4-6-15/h13,15-16H,4-12H2,1-3H3. The number of carbonyl (C=O) groups excluding carboxylic acids is 2. The normalized spacial score (nSPS) is 20.5. The summed E-state index contributed by atoms with van der Waals surface area (Å²) in [5.74, 6) is 2.42. The molecule has 1 saturated carbocycles. The molecule has 0 bridgehead atoms. The predicted molar refractivity (Wildman–Crippen MR) is 96.4 cm³/mol. The maximum Gasteiger partial charge on any atom is 0.229 e. The van der Waals surface area contributed by atoms with Crippen LogP contribution in [0.15, 0.2) is 4.52 Å². The number of nitrogens with zero attached hydrogens (tertiary/aromatic N) is 4. The van der Waals surface area contributed by atoms with Crippen LogP contribution in [0.2, 0.25) is 0 Å². The Bertz CT molecular complexity index is 638. The van der Waals surface area contributed by atoms with Crippen LogP contribution in [0.25, 0.3) is 0 Å². The van der Waals surface area contributed by atoms with Crippen LogP contribution in [0.3, 0.4) is 0 Å². The Kier molecular flexibility index (Phi) is 5.94. The lowest BCUT2D eigenvalue weighted by molar-refractivity contribution is -0.134. The van der Waals surface area contributed by atoms with E-state index in [0.717, 1.165) is 31.7 Å². The quantitative estimate of drug-likeness (QED) is 0.744. The highest BCUT2D eigenvalue weighted by Crippen LogP contribution is 2.35. The third-order valence-corrected chi connectivity index (χ3v) is 5.46. The summed E-state index contributed by atoms with van der Waals surface area (Å²) >= 11 is 0. The number of hydrogen-bond acceptors (Lipinski definition) is 5. The van der Waals surface area contributed by atoms with E-state index in [1.165, 1.54) is 6.42 Å². The second kappa shape index (κ2) is 8.18. The van der Waals surface area contributed by atoms with Gasteiger partial charge in [-0.15, -0.1) is 0 Å². The van der Waals surface area contributed by atoms with Crippen LogP contribution in [0.4, 0.5) is 0 Å². The van der Waals surface area contributed by atoms with Gasteiger partial charge in [0.15, 0.2) is 5.82 Å². The van der Waals surface area contributed by atoms with Crippen molar-refractivity contribution in [2.24, 2.45) is 5.92 Å². The van der Waals surface area contributed by atoms with Crippen LogP contribution in [-0.2, 0) is 16.0 Å². The first-order chi connectivity index (χ1) is 12.4. The number of aromatic nitrogens is 2. The molecule has 1 saturated heterocycles. The van der Waals surface area contributed by atoms with E-state index in [0.29, 0.717) is 43.6 Å². The SMILES string of the molecule is CC(=O)N(CCc1noc(C2CCC2)n1)C1CCN(C(=O)CC(C)C)C1. The topological polar surface area (TPSA) is 79.5 Å². The van der Waals surface area contributed by atoms with Crippen LogP contribution in [0.5, 0.6) is 0 Å². The van der Waals surface area contributed by atoms with Crippen molar-refractivity contribution in [3.8, 4) is 0 Å². The van der Waals surface area contributed by atoms with E-state index < -0.39 is 0 Å². The molecule has 7 heteroatoms. The highest BCUT2D eigenvalue weighted by atomic mass is 16.5. The van der Waals surface area contributed by atoms with Crippen molar-refractivity contribution in [1.29, 1.82) is 0 Å². The molecule has 0 radical (unpaired) electrons. The molecule has 1 aromatic rings. The molecule has 2 amide bonds. The van der Waals surface area contributed by atoms with Crippen LogP contribution in [-0.4, -0.2) is 57.4 Å². The maximum absolute atomic E-state index is 12.3. The average Bonchev–Trinajstić information content (AvgIpc) is 3.15. The van der Waals surface area contributed by atoms with Gasteiger partial charge >= 0.3 is 0 Å². The van der Waals surface area contributed by atoms with Gasteiger partial charge in [-0.1, -0.05) is 25.4 Å². The predicted octanol–water partition coefficient (Wildman–Crippen LogP) is 2.38. The summed E-state index contributed by atoms with van der Waals surface area (Å²) in [6.07, 6.45) is 5.48. The van der Waals surface area contributed by atoms with Gasteiger partial charge in [-0.2, -0.15) is 4.98 Å². The van der Waals surface area contributed by atoms with Crippen LogP contribution >= 0.6 is 0 Å². The van der Waals surface area contributed by atoms with Gasteiger partial charge in [0.25, 0.3) is 0 Å². The van der Waals surface area contributed by atoms with Gasteiger partial charge in [0.1, 0.15) is 0 Å². The van der Waals surface area contributed by atoms with Crippen molar-refractivity contribution in [3.05, 3.63) is 11.7 Å². The lowest BCUT2D eigenvalue weighted by Gasteiger charge is -2.28. The summed E-state index contributed by atoms with van der Waals surface area (Å²) in [7, 11) is 0. The van der Waals surface area contributed by atoms with E-state index in [-0.39, 0.29) is 17.9 Å². The number of hydrogen-bond donors (Lipinski definition) is 0. The molecule has 26 heavy (non-hydrogen) atoms. The molecule has 2 aliphatic rings. The molecule has 7 nitrogen and oxygen atoms in total. The van der Waals surface area contributed by atoms with Gasteiger partial charge in [-0.3, -0.25) is 9.59 Å². The van der Waals surface area contributed by atoms with Crippen molar-refractivity contribution in [1.82, 2.24) is 19.9 Å². The summed E-state index contributed by atoms with van der Waals surface area (Å²) in [4.78, 5) is 32.6. The zero-order valence-electron chi connectivity index (χ0n) is 16.1. The second-order valence-corrected chi connectivity index (χ2v) is 8.02. The Balaban J connectivity index is 1.53. The Labute approximate surface area is 155 Å². The molecular formula is C19H30N4O3. The van der Waals surface area contributed by atoms with Gasteiger partial charge in [0, 0.05) is 45.3 Å². The summed E-state index contributed by atoms with van der Waals surface area (Å²) in [5.41, 5.74) is 0. The molecule has 2 heterocycles. The smallest absolute Gasteiger partial charge is 0.229 e. The zero-order valence-corrected chi connectivity index (χ0v) is 16.1. The van der Waals surface area contributed by atoms with Gasteiger partial charge < -0.3 is 14.3 Å². The molecular weight excluding hydrogens is 332 g/mol. The largest absolute Gasteiger partial charge is 0.341 e. The number of amides is 2. The van der Waals surface area contributed by atoms with Crippen LogP contribution in [0, 0.1) is 5.92 Å². The van der Waals surface area contributed by atoms with Crippen LogP contribution in [0.1, 0.15) is 70.5 Å². The summed E-state index contributed by atoms with van der Waals surface area (Å²) in [6, 6.07) is 0.0848. The lowest BCUT2D eigenvalue weighted by Crippen LogP contribution is -2.42. The summed E-state index contributed by atoms with van der Waals surface area (Å²) in [6.45, 7) is 7.62. The number of carbonyl (C=O) groups is 2. The highest BCUT2D eigenvalue weighted by Gasteiger charge is 2.32. The third-order valence-electron chi connectivity index (χ3n) is 5.46. The van der Waals surface area contributed by atoms with Crippen molar-refractivity contribution in [2.75, 3.05) is 19.6 Å². The van der Waals surface area contributed by atoms with E-state index in [4.69, 9.17) is 4.52 Å². The molecule has 144 valence electrons. The molecule has 0 aromatic carbocycles. The van der Waals surface area contributed by atoms with Crippen molar-refractivity contribution >= 4 is 11.8 Å². The fourth-order valence-corrected chi connectivity index (χ4v) is 3.71. The molecule has 1 aliphatic heterocycles. The minimum Gasteiger partial charge on any atom is -0.341 e. The fourth-order valence-electron chi connectivity index (χ4n) is 3.71. The fraction of sp³-hybridized carbons (Fsp3) is 0.789. The van der Waals surface area contributed by atoms with Gasteiger partial charge in [-0.05, 0) is 25.2 Å². The average molecular weight is 362 g/mol. The van der Waals surface area contributed by atoms with E-state index in [1.807, 2.05) is 9.80 Å². The lowest BCUT2D eigenvalue weighted by atomic mass is 9.85. The van der Waals surface area contributed by atoms with Crippen molar-refractivity contribution < 1.29 is 14.1 Å². The highest BCUT2D eigenvalue weighted by molar-refractivity contribution is 5.77. The van der Waals surface area contributed by atoms with Crippen molar-refractivity contribution in [2.45, 2.75) is 71.3 Å². The minimum atomic E-state index is 0.0378. The third kappa shape index (κ3) is 4.43. The molecule has 1 atom stereocenters. The molecule has 1 unspecified atom stereocenters.